The first-order chi connectivity index (χ1) is 14.2. The van der Waals surface area contributed by atoms with E-state index in [0.29, 0.717) is 19.8 Å². The van der Waals surface area contributed by atoms with Gasteiger partial charge in [-0.2, -0.15) is 0 Å². The van der Waals surface area contributed by atoms with Gasteiger partial charge in [0.25, 0.3) is 0 Å². The second-order valence-electron chi connectivity index (χ2n) is 7.67. The Hall–Kier alpha value is -2.73. The molecule has 3 aliphatic heterocycles. The maximum absolute atomic E-state index is 6.21. The first-order valence-corrected chi connectivity index (χ1v) is 10.5. The third-order valence-electron chi connectivity index (χ3n) is 5.98. The molecule has 0 amide bonds. The summed E-state index contributed by atoms with van der Waals surface area (Å²) in [6, 6.07) is 16.5. The molecule has 0 N–H and O–H groups in total. The Balaban J connectivity index is 1.49. The minimum atomic E-state index is -0.255. The second kappa shape index (κ2) is 6.39. The molecule has 2 aromatic carbocycles. The Morgan fingerprint density at radius 3 is 2.66 bits per heavy atom. The Morgan fingerprint density at radius 2 is 1.83 bits per heavy atom. The van der Waals surface area contributed by atoms with Crippen LogP contribution in [0.25, 0.3) is 0 Å². The number of pyridine rings is 1. The number of hydrogen-bond acceptors (Lipinski definition) is 5. The van der Waals surface area contributed by atoms with E-state index < -0.39 is 0 Å². The van der Waals surface area contributed by atoms with Crippen LogP contribution in [-0.2, 0) is 12.0 Å². The highest BCUT2D eigenvalue weighted by molar-refractivity contribution is 9.10. The molecule has 0 saturated heterocycles. The zero-order valence-corrected chi connectivity index (χ0v) is 17.3. The summed E-state index contributed by atoms with van der Waals surface area (Å²) in [5.74, 6) is 2.45. The molecule has 0 bridgehead atoms. The normalized spacial score (nSPS) is 21.1. The Labute approximate surface area is 177 Å². The molecule has 0 radical (unpaired) electrons. The van der Waals surface area contributed by atoms with Crippen LogP contribution in [0.3, 0.4) is 0 Å². The van der Waals surface area contributed by atoms with Crippen LogP contribution < -0.4 is 19.1 Å². The molecule has 4 heterocycles. The third-order valence-corrected chi connectivity index (χ3v) is 6.65. The quantitative estimate of drug-likeness (QED) is 0.581. The molecule has 0 saturated carbocycles. The average molecular weight is 451 g/mol. The lowest BCUT2D eigenvalue weighted by atomic mass is 9.77. The Kier molecular flexibility index (Phi) is 3.78. The summed E-state index contributed by atoms with van der Waals surface area (Å²) in [7, 11) is 0. The van der Waals surface area contributed by atoms with E-state index in [2.05, 4.69) is 56.1 Å². The molecule has 3 aliphatic rings. The van der Waals surface area contributed by atoms with Crippen molar-refractivity contribution < 1.29 is 14.2 Å². The van der Waals surface area contributed by atoms with Gasteiger partial charge in [-0.15, -0.1) is 0 Å². The number of rotatable bonds is 2. The topological polar surface area (TPSA) is 43.8 Å². The van der Waals surface area contributed by atoms with Crippen LogP contribution in [-0.4, -0.2) is 31.3 Å². The van der Waals surface area contributed by atoms with Gasteiger partial charge in [0.1, 0.15) is 25.6 Å². The van der Waals surface area contributed by atoms with E-state index in [0.717, 1.165) is 40.5 Å². The SMILES string of the molecule is Brc1cccc2c1C1(COc3cc4c(cc31)OCCO4)CN2Cc1ccccn1. The van der Waals surface area contributed by atoms with Gasteiger partial charge in [0.15, 0.2) is 11.5 Å². The van der Waals surface area contributed by atoms with Crippen molar-refractivity contribution in [3.63, 3.8) is 0 Å². The summed E-state index contributed by atoms with van der Waals surface area (Å²) >= 11 is 3.82. The first-order valence-electron chi connectivity index (χ1n) is 9.75. The largest absolute Gasteiger partial charge is 0.492 e. The van der Waals surface area contributed by atoms with E-state index in [-0.39, 0.29) is 5.41 Å². The van der Waals surface area contributed by atoms with Crippen molar-refractivity contribution in [1.29, 1.82) is 0 Å². The number of hydrogen-bond donors (Lipinski definition) is 0. The molecule has 1 atom stereocenters. The molecule has 1 aromatic heterocycles. The molecule has 1 spiro atoms. The van der Waals surface area contributed by atoms with Crippen LogP contribution in [0.2, 0.25) is 0 Å². The van der Waals surface area contributed by atoms with Crippen molar-refractivity contribution in [2.24, 2.45) is 0 Å². The second-order valence-corrected chi connectivity index (χ2v) is 8.53. The fourth-order valence-electron chi connectivity index (χ4n) is 4.75. The predicted octanol–water partition coefficient (Wildman–Crippen LogP) is 4.31. The highest BCUT2D eigenvalue weighted by atomic mass is 79.9. The summed E-state index contributed by atoms with van der Waals surface area (Å²) in [5.41, 5.74) is 4.45. The number of fused-ring (bicyclic) bond motifs is 5. The lowest BCUT2D eigenvalue weighted by molar-refractivity contribution is 0.171. The van der Waals surface area contributed by atoms with Crippen LogP contribution in [0.15, 0.2) is 59.2 Å². The number of nitrogens with zero attached hydrogens (tertiary/aromatic N) is 2. The van der Waals surface area contributed by atoms with Crippen molar-refractivity contribution in [1.82, 2.24) is 4.98 Å². The lowest BCUT2D eigenvalue weighted by Gasteiger charge is -2.26. The predicted molar refractivity (Wildman–Crippen MR) is 113 cm³/mol. The highest BCUT2D eigenvalue weighted by Crippen LogP contribution is 2.56. The average Bonchev–Trinajstić information content (AvgIpc) is 3.26. The Bertz CT molecular complexity index is 1100. The van der Waals surface area contributed by atoms with Crippen LogP contribution in [0.5, 0.6) is 17.2 Å². The highest BCUT2D eigenvalue weighted by Gasteiger charge is 2.51. The lowest BCUT2D eigenvalue weighted by Crippen LogP contribution is -2.36. The van der Waals surface area contributed by atoms with Gasteiger partial charge in [-0.25, -0.2) is 0 Å². The summed E-state index contributed by atoms with van der Waals surface area (Å²) in [6.07, 6.45) is 1.85. The maximum Gasteiger partial charge on any atom is 0.165 e. The van der Waals surface area contributed by atoms with E-state index in [4.69, 9.17) is 14.2 Å². The standard InChI is InChI=1S/C23H19BrN2O3/c24-17-5-3-6-18-22(17)23(13-26(18)12-15-4-1-2-7-25-15)14-29-19-11-21-20(10-16(19)23)27-8-9-28-21/h1-7,10-11H,8-9,12-14H2. The molecule has 6 heteroatoms. The van der Waals surface area contributed by atoms with E-state index in [9.17, 15) is 0 Å². The van der Waals surface area contributed by atoms with Crippen molar-refractivity contribution in [3.8, 4) is 17.2 Å². The van der Waals surface area contributed by atoms with Crippen molar-refractivity contribution in [2.45, 2.75) is 12.0 Å². The van der Waals surface area contributed by atoms with Gasteiger partial charge in [-0.1, -0.05) is 28.1 Å². The summed E-state index contributed by atoms with van der Waals surface area (Å²) in [6.45, 7) is 3.33. The van der Waals surface area contributed by atoms with E-state index in [1.807, 2.05) is 24.4 Å². The van der Waals surface area contributed by atoms with Gasteiger partial charge in [0, 0.05) is 40.1 Å². The minimum absolute atomic E-state index is 0.255. The minimum Gasteiger partial charge on any atom is -0.492 e. The van der Waals surface area contributed by atoms with Crippen molar-refractivity contribution in [3.05, 3.63) is 76.0 Å². The monoisotopic (exact) mass is 450 g/mol. The number of halogens is 1. The maximum atomic E-state index is 6.21. The fraction of sp³-hybridized carbons (Fsp3) is 0.261. The molecule has 3 aromatic rings. The third kappa shape index (κ3) is 2.55. The van der Waals surface area contributed by atoms with Crippen molar-refractivity contribution in [2.75, 3.05) is 31.3 Å². The zero-order chi connectivity index (χ0) is 19.4. The van der Waals surface area contributed by atoms with Gasteiger partial charge in [-0.3, -0.25) is 4.98 Å². The van der Waals surface area contributed by atoms with Gasteiger partial charge in [0.2, 0.25) is 0 Å². The molecule has 29 heavy (non-hydrogen) atoms. The van der Waals surface area contributed by atoms with Crippen LogP contribution >= 0.6 is 15.9 Å². The molecule has 1 unspecified atom stereocenters. The Morgan fingerprint density at radius 1 is 0.966 bits per heavy atom. The van der Waals surface area contributed by atoms with Gasteiger partial charge in [0.05, 0.1) is 17.7 Å². The smallest absolute Gasteiger partial charge is 0.165 e. The van der Waals surface area contributed by atoms with Crippen molar-refractivity contribution >= 4 is 21.6 Å². The number of aromatic nitrogens is 1. The van der Waals surface area contributed by atoms with Crippen LogP contribution in [0.4, 0.5) is 5.69 Å². The number of benzene rings is 2. The van der Waals surface area contributed by atoms with E-state index in [1.165, 1.54) is 16.8 Å². The summed E-state index contributed by atoms with van der Waals surface area (Å²) in [5, 5.41) is 0. The molecular formula is C23H19BrN2O3. The van der Waals surface area contributed by atoms with Gasteiger partial charge in [-0.05, 0) is 30.3 Å². The summed E-state index contributed by atoms with van der Waals surface area (Å²) < 4.78 is 19.0. The molecule has 146 valence electrons. The van der Waals surface area contributed by atoms with Crippen LogP contribution in [0, 0.1) is 0 Å². The number of anilines is 1. The molecular weight excluding hydrogens is 432 g/mol. The molecule has 5 nitrogen and oxygen atoms in total. The number of ether oxygens (including phenoxy) is 3. The van der Waals surface area contributed by atoms with Crippen LogP contribution in [0.1, 0.15) is 16.8 Å². The zero-order valence-electron chi connectivity index (χ0n) is 15.7. The molecule has 0 fully saturated rings. The first kappa shape index (κ1) is 17.2. The van der Waals surface area contributed by atoms with E-state index >= 15 is 0 Å². The summed E-state index contributed by atoms with van der Waals surface area (Å²) in [4.78, 5) is 6.93. The van der Waals surface area contributed by atoms with Gasteiger partial charge >= 0.3 is 0 Å². The molecule has 0 aliphatic carbocycles. The fourth-order valence-corrected chi connectivity index (χ4v) is 5.48. The van der Waals surface area contributed by atoms with E-state index in [1.54, 1.807) is 0 Å². The molecule has 6 rings (SSSR count). The van der Waals surface area contributed by atoms with Gasteiger partial charge < -0.3 is 19.1 Å².